The number of ether oxygens (including phenoxy) is 1. The molecule has 1 fully saturated rings. The van der Waals surface area contributed by atoms with Crippen LogP contribution in [0.15, 0.2) is 48.5 Å². The smallest absolute Gasteiger partial charge is 0.254 e. The number of piperidine rings is 1. The fraction of sp³-hybridized carbons (Fsp3) is 0.423. The third kappa shape index (κ3) is 6.12. The third-order valence-corrected chi connectivity index (χ3v) is 6.14. The minimum Gasteiger partial charge on any atom is -0.497 e. The zero-order chi connectivity index (χ0) is 23.8. The fourth-order valence-corrected chi connectivity index (χ4v) is 4.14. The Kier molecular flexibility index (Phi) is 8.46. The maximum atomic E-state index is 13.0. The van der Waals surface area contributed by atoms with E-state index in [0.717, 1.165) is 12.0 Å². The lowest BCUT2D eigenvalue weighted by Gasteiger charge is -2.36. The van der Waals surface area contributed by atoms with Crippen LogP contribution < -0.4 is 15.4 Å². The molecule has 0 spiro atoms. The average Bonchev–Trinajstić information content (AvgIpc) is 2.85. The van der Waals surface area contributed by atoms with Crippen LogP contribution in [0.5, 0.6) is 5.75 Å². The summed E-state index contributed by atoms with van der Waals surface area (Å²) in [6, 6.07) is 13.7. The van der Waals surface area contributed by atoms with E-state index in [1.165, 1.54) is 0 Å². The van der Waals surface area contributed by atoms with E-state index < -0.39 is 6.04 Å². The number of methoxy groups -OCH3 is 1. The first-order valence-electron chi connectivity index (χ1n) is 11.5. The molecular weight excluding hydrogens is 418 g/mol. The second-order valence-electron chi connectivity index (χ2n) is 8.42. The molecule has 0 bridgehead atoms. The lowest BCUT2D eigenvalue weighted by atomic mass is 9.88. The molecule has 0 aliphatic carbocycles. The van der Waals surface area contributed by atoms with Gasteiger partial charge in [0.2, 0.25) is 5.91 Å². The largest absolute Gasteiger partial charge is 0.497 e. The highest BCUT2D eigenvalue weighted by Crippen LogP contribution is 2.24. The lowest BCUT2D eigenvalue weighted by Crippen LogP contribution is -2.54. The third-order valence-electron chi connectivity index (χ3n) is 6.14. The number of aryl methyl sites for hydroxylation is 1. The Morgan fingerprint density at radius 3 is 2.33 bits per heavy atom. The highest BCUT2D eigenvalue weighted by molar-refractivity contribution is 5.98. The maximum Gasteiger partial charge on any atom is 0.254 e. The topological polar surface area (TPSA) is 87.7 Å². The summed E-state index contributed by atoms with van der Waals surface area (Å²) in [5.41, 5.74) is 2.13. The molecule has 33 heavy (non-hydrogen) atoms. The Hall–Kier alpha value is -3.35. The van der Waals surface area contributed by atoms with Crippen molar-refractivity contribution >= 4 is 17.7 Å². The van der Waals surface area contributed by atoms with Crippen LogP contribution in [0.4, 0.5) is 0 Å². The molecule has 2 aromatic carbocycles. The number of likely N-dealkylation sites (tertiary alicyclic amines) is 1. The van der Waals surface area contributed by atoms with Gasteiger partial charge in [-0.05, 0) is 68.0 Å². The Labute approximate surface area is 195 Å². The molecule has 176 valence electrons. The highest BCUT2D eigenvalue weighted by Gasteiger charge is 2.34. The summed E-state index contributed by atoms with van der Waals surface area (Å²) >= 11 is 0. The van der Waals surface area contributed by atoms with Crippen molar-refractivity contribution in [3.63, 3.8) is 0 Å². The Bertz CT molecular complexity index is 966. The summed E-state index contributed by atoms with van der Waals surface area (Å²) in [5.74, 6) is 0.148. The summed E-state index contributed by atoms with van der Waals surface area (Å²) in [5, 5.41) is 5.86. The van der Waals surface area contributed by atoms with E-state index in [-0.39, 0.29) is 23.6 Å². The van der Waals surface area contributed by atoms with Gasteiger partial charge in [-0.3, -0.25) is 14.4 Å². The van der Waals surface area contributed by atoms with Crippen LogP contribution in [0.25, 0.3) is 0 Å². The highest BCUT2D eigenvalue weighted by atomic mass is 16.5. The Morgan fingerprint density at radius 2 is 1.73 bits per heavy atom. The van der Waals surface area contributed by atoms with Crippen molar-refractivity contribution < 1.29 is 19.1 Å². The van der Waals surface area contributed by atoms with Gasteiger partial charge in [0, 0.05) is 30.8 Å². The zero-order valence-electron chi connectivity index (χ0n) is 19.6. The van der Waals surface area contributed by atoms with Crippen LogP contribution in [0.2, 0.25) is 0 Å². The molecule has 1 heterocycles. The molecular formula is C26H33N3O4. The summed E-state index contributed by atoms with van der Waals surface area (Å²) < 4.78 is 5.15. The average molecular weight is 452 g/mol. The van der Waals surface area contributed by atoms with Gasteiger partial charge < -0.3 is 20.3 Å². The first-order chi connectivity index (χ1) is 15.9. The van der Waals surface area contributed by atoms with Gasteiger partial charge >= 0.3 is 0 Å². The lowest BCUT2D eigenvalue weighted by molar-refractivity contribution is -0.124. The van der Waals surface area contributed by atoms with Gasteiger partial charge in [0.1, 0.15) is 11.8 Å². The van der Waals surface area contributed by atoms with E-state index in [1.54, 1.807) is 31.4 Å². The summed E-state index contributed by atoms with van der Waals surface area (Å²) in [7, 11) is 1.57. The SMILES string of the molecule is CCCNC(=O)C(NC(=O)c1ccc(OC)cc1)C1CCN(C(=O)c2ccccc2C)CC1. The van der Waals surface area contributed by atoms with E-state index in [9.17, 15) is 14.4 Å². The van der Waals surface area contributed by atoms with E-state index >= 15 is 0 Å². The minimum absolute atomic E-state index is 0.0146. The molecule has 7 heteroatoms. The Morgan fingerprint density at radius 1 is 1.06 bits per heavy atom. The molecule has 0 radical (unpaired) electrons. The van der Waals surface area contributed by atoms with Gasteiger partial charge in [0.15, 0.2) is 0 Å². The monoisotopic (exact) mass is 451 g/mol. The van der Waals surface area contributed by atoms with Crippen LogP contribution in [0, 0.1) is 12.8 Å². The van der Waals surface area contributed by atoms with Gasteiger partial charge in [-0.1, -0.05) is 25.1 Å². The van der Waals surface area contributed by atoms with Gasteiger partial charge in [-0.2, -0.15) is 0 Å². The van der Waals surface area contributed by atoms with E-state index in [0.29, 0.717) is 49.4 Å². The fourth-order valence-electron chi connectivity index (χ4n) is 4.14. The molecule has 1 atom stereocenters. The quantitative estimate of drug-likeness (QED) is 0.645. The van der Waals surface area contributed by atoms with E-state index in [1.807, 2.05) is 43.0 Å². The Balaban J connectivity index is 1.68. The van der Waals surface area contributed by atoms with Crippen molar-refractivity contribution in [2.75, 3.05) is 26.7 Å². The molecule has 3 amide bonds. The molecule has 1 unspecified atom stereocenters. The van der Waals surface area contributed by atoms with Crippen molar-refractivity contribution in [3.05, 3.63) is 65.2 Å². The van der Waals surface area contributed by atoms with Crippen LogP contribution in [0.1, 0.15) is 52.5 Å². The van der Waals surface area contributed by atoms with Crippen molar-refractivity contribution in [1.82, 2.24) is 15.5 Å². The molecule has 0 aromatic heterocycles. The van der Waals surface area contributed by atoms with Gasteiger partial charge in [0.05, 0.1) is 7.11 Å². The normalized spacial score (nSPS) is 14.9. The standard InChI is InChI=1S/C26H33N3O4/c1-4-15-27-25(31)23(28-24(30)20-9-11-21(33-3)12-10-20)19-13-16-29(17-14-19)26(32)22-8-6-5-7-18(22)2/h5-12,19,23H,4,13-17H2,1-3H3,(H,27,31)(H,28,30). The van der Waals surface area contributed by atoms with Crippen molar-refractivity contribution in [3.8, 4) is 5.75 Å². The van der Waals surface area contributed by atoms with Gasteiger partial charge in [-0.25, -0.2) is 0 Å². The molecule has 1 saturated heterocycles. The van der Waals surface area contributed by atoms with Crippen molar-refractivity contribution in [1.29, 1.82) is 0 Å². The number of rotatable bonds is 8. The van der Waals surface area contributed by atoms with Gasteiger partial charge in [0.25, 0.3) is 11.8 Å². The van der Waals surface area contributed by atoms with Crippen molar-refractivity contribution in [2.24, 2.45) is 5.92 Å². The predicted molar refractivity (Wildman–Crippen MR) is 127 cm³/mol. The number of carbonyl (C=O) groups is 3. The first kappa shape index (κ1) is 24.3. The number of nitrogens with zero attached hydrogens (tertiary/aromatic N) is 1. The second kappa shape index (κ2) is 11.5. The predicted octanol–water partition coefficient (Wildman–Crippen LogP) is 3.18. The van der Waals surface area contributed by atoms with Crippen LogP contribution in [-0.2, 0) is 4.79 Å². The minimum atomic E-state index is -0.651. The van der Waals surface area contributed by atoms with Gasteiger partial charge in [-0.15, -0.1) is 0 Å². The number of amides is 3. The molecule has 1 aliphatic heterocycles. The van der Waals surface area contributed by atoms with Crippen LogP contribution in [-0.4, -0.2) is 55.4 Å². The number of hydrogen-bond donors (Lipinski definition) is 2. The maximum absolute atomic E-state index is 13.0. The zero-order valence-corrected chi connectivity index (χ0v) is 19.6. The van der Waals surface area contributed by atoms with E-state index in [4.69, 9.17) is 4.74 Å². The van der Waals surface area contributed by atoms with Crippen LogP contribution in [0.3, 0.4) is 0 Å². The molecule has 7 nitrogen and oxygen atoms in total. The van der Waals surface area contributed by atoms with Crippen molar-refractivity contribution in [2.45, 2.75) is 39.2 Å². The number of hydrogen-bond acceptors (Lipinski definition) is 4. The summed E-state index contributed by atoms with van der Waals surface area (Å²) in [4.78, 5) is 40.6. The first-order valence-corrected chi connectivity index (χ1v) is 11.5. The molecule has 0 saturated carbocycles. The molecule has 3 rings (SSSR count). The van der Waals surface area contributed by atoms with Crippen LogP contribution >= 0.6 is 0 Å². The summed E-state index contributed by atoms with van der Waals surface area (Å²) in [6.07, 6.45) is 2.10. The molecule has 2 aromatic rings. The summed E-state index contributed by atoms with van der Waals surface area (Å²) in [6.45, 7) is 5.57. The number of benzene rings is 2. The number of carbonyl (C=O) groups excluding carboxylic acids is 3. The number of nitrogens with one attached hydrogen (secondary N) is 2. The molecule has 2 N–H and O–H groups in total. The molecule has 1 aliphatic rings. The second-order valence-corrected chi connectivity index (χ2v) is 8.42. The van der Waals surface area contributed by atoms with E-state index in [2.05, 4.69) is 10.6 Å².